The summed E-state index contributed by atoms with van der Waals surface area (Å²) in [4.78, 5) is 13.1. The Hall–Kier alpha value is -1.95. The van der Waals surface area contributed by atoms with E-state index in [-0.39, 0.29) is 13.2 Å². The largest absolute Gasteiger partial charge is 0.493 e. The van der Waals surface area contributed by atoms with Crippen molar-refractivity contribution < 1.29 is 24.1 Å². The highest BCUT2D eigenvalue weighted by molar-refractivity contribution is 5.66. The van der Waals surface area contributed by atoms with Crippen molar-refractivity contribution in [1.29, 1.82) is 0 Å². The predicted octanol–water partition coefficient (Wildman–Crippen LogP) is 2.76. The van der Waals surface area contributed by atoms with Crippen molar-refractivity contribution in [3.8, 4) is 17.2 Å². The second-order valence-electron chi connectivity index (χ2n) is 6.46. The zero-order valence-electron chi connectivity index (χ0n) is 13.9. The van der Waals surface area contributed by atoms with E-state index in [0.717, 1.165) is 62.6 Å². The first-order valence-corrected chi connectivity index (χ1v) is 8.67. The van der Waals surface area contributed by atoms with Gasteiger partial charge < -0.3 is 24.2 Å². The van der Waals surface area contributed by atoms with E-state index in [4.69, 9.17) is 19.3 Å². The summed E-state index contributed by atoms with van der Waals surface area (Å²) in [7, 11) is 0. The van der Waals surface area contributed by atoms with Crippen LogP contribution in [0, 0.1) is 5.92 Å². The minimum atomic E-state index is -0.691. The Morgan fingerprint density at radius 2 is 2.21 bits per heavy atom. The molecule has 2 aliphatic rings. The molecule has 1 N–H and O–H groups in total. The van der Waals surface area contributed by atoms with Crippen LogP contribution in [0.15, 0.2) is 18.2 Å². The van der Waals surface area contributed by atoms with Crippen LogP contribution in [0.2, 0.25) is 0 Å². The summed E-state index contributed by atoms with van der Waals surface area (Å²) in [5, 5.41) is 8.80. The van der Waals surface area contributed by atoms with Crippen LogP contribution in [-0.4, -0.2) is 49.0 Å². The lowest BCUT2D eigenvalue weighted by atomic mass is 9.93. The van der Waals surface area contributed by atoms with E-state index in [1.54, 1.807) is 0 Å². The van der Waals surface area contributed by atoms with E-state index in [9.17, 15) is 4.79 Å². The minimum absolute atomic E-state index is 0.275. The SMILES string of the molecule is O=C(O)CCC1CCCN(CCCOc2ccc3c(c2)OCO3)C1. The Labute approximate surface area is 142 Å². The van der Waals surface area contributed by atoms with Crippen molar-refractivity contribution >= 4 is 5.97 Å². The molecule has 0 radical (unpaired) electrons. The molecule has 2 heterocycles. The van der Waals surface area contributed by atoms with Crippen molar-refractivity contribution in [3.05, 3.63) is 18.2 Å². The third-order valence-electron chi connectivity index (χ3n) is 4.60. The van der Waals surface area contributed by atoms with Crippen LogP contribution in [0.4, 0.5) is 0 Å². The number of ether oxygens (including phenoxy) is 3. The number of carbonyl (C=O) groups is 1. The van der Waals surface area contributed by atoms with Gasteiger partial charge in [0.05, 0.1) is 6.61 Å². The number of rotatable bonds is 8. The van der Waals surface area contributed by atoms with Crippen molar-refractivity contribution in [2.24, 2.45) is 5.92 Å². The second kappa shape index (κ2) is 8.24. The van der Waals surface area contributed by atoms with E-state index in [1.807, 2.05) is 18.2 Å². The first kappa shape index (κ1) is 16.9. The molecule has 1 atom stereocenters. The lowest BCUT2D eigenvalue weighted by molar-refractivity contribution is -0.137. The second-order valence-corrected chi connectivity index (χ2v) is 6.46. The summed E-state index contributed by atoms with van der Waals surface area (Å²) in [6.07, 6.45) is 4.34. The van der Waals surface area contributed by atoms with Crippen LogP contribution >= 0.6 is 0 Å². The highest BCUT2D eigenvalue weighted by Crippen LogP contribution is 2.35. The zero-order valence-corrected chi connectivity index (χ0v) is 13.9. The normalized spacial score (nSPS) is 20.1. The summed E-state index contributed by atoms with van der Waals surface area (Å²) in [6.45, 7) is 4.05. The quantitative estimate of drug-likeness (QED) is 0.737. The molecule has 132 valence electrons. The molecule has 1 aromatic rings. The molecule has 1 saturated heterocycles. The number of benzene rings is 1. The van der Waals surface area contributed by atoms with Gasteiger partial charge in [-0.3, -0.25) is 4.79 Å². The van der Waals surface area contributed by atoms with Gasteiger partial charge in [-0.15, -0.1) is 0 Å². The van der Waals surface area contributed by atoms with E-state index >= 15 is 0 Å². The van der Waals surface area contributed by atoms with Gasteiger partial charge in [-0.05, 0) is 50.3 Å². The molecule has 0 aromatic heterocycles. The van der Waals surface area contributed by atoms with Crippen LogP contribution in [0.3, 0.4) is 0 Å². The standard InChI is InChI=1S/C18H25NO5/c20-18(21)7-4-14-3-1-8-19(12-14)9-2-10-22-15-5-6-16-17(11-15)24-13-23-16/h5-6,11,14H,1-4,7-10,12-13H2,(H,20,21). The lowest BCUT2D eigenvalue weighted by Gasteiger charge is -2.32. The summed E-state index contributed by atoms with van der Waals surface area (Å²) in [5.41, 5.74) is 0. The Bertz CT molecular complexity index is 562. The maximum Gasteiger partial charge on any atom is 0.303 e. The number of carboxylic acid groups (broad SMARTS) is 1. The molecule has 0 bridgehead atoms. The fourth-order valence-corrected chi connectivity index (χ4v) is 3.36. The van der Waals surface area contributed by atoms with E-state index < -0.39 is 5.97 Å². The molecule has 2 aliphatic heterocycles. The summed E-state index contributed by atoms with van der Waals surface area (Å²) < 4.78 is 16.4. The van der Waals surface area contributed by atoms with Crippen LogP contribution in [0.5, 0.6) is 17.2 Å². The average molecular weight is 335 g/mol. The van der Waals surface area contributed by atoms with Crippen LogP contribution in [-0.2, 0) is 4.79 Å². The number of nitrogens with zero attached hydrogens (tertiary/aromatic N) is 1. The lowest BCUT2D eigenvalue weighted by Crippen LogP contribution is -2.36. The van der Waals surface area contributed by atoms with Gasteiger partial charge in [-0.1, -0.05) is 0 Å². The van der Waals surface area contributed by atoms with Gasteiger partial charge in [-0.25, -0.2) is 0 Å². The third kappa shape index (κ3) is 4.77. The fourth-order valence-electron chi connectivity index (χ4n) is 3.36. The highest BCUT2D eigenvalue weighted by Gasteiger charge is 2.20. The number of likely N-dealkylation sites (tertiary alicyclic amines) is 1. The monoisotopic (exact) mass is 335 g/mol. The van der Waals surface area contributed by atoms with Gasteiger partial charge in [0.25, 0.3) is 0 Å². The smallest absolute Gasteiger partial charge is 0.303 e. The number of hydrogen-bond donors (Lipinski definition) is 1. The van der Waals surface area contributed by atoms with Crippen molar-refractivity contribution in [1.82, 2.24) is 4.90 Å². The van der Waals surface area contributed by atoms with Gasteiger partial charge in [0, 0.05) is 25.6 Å². The Morgan fingerprint density at radius 3 is 3.08 bits per heavy atom. The number of hydrogen-bond acceptors (Lipinski definition) is 5. The Balaban J connectivity index is 1.35. The highest BCUT2D eigenvalue weighted by atomic mass is 16.7. The third-order valence-corrected chi connectivity index (χ3v) is 4.60. The average Bonchev–Trinajstić information content (AvgIpc) is 3.05. The number of fused-ring (bicyclic) bond motifs is 1. The van der Waals surface area contributed by atoms with Crippen molar-refractivity contribution in [2.45, 2.75) is 32.1 Å². The summed E-state index contributed by atoms with van der Waals surface area (Å²) >= 11 is 0. The van der Waals surface area contributed by atoms with Crippen LogP contribution in [0.1, 0.15) is 32.1 Å². The minimum Gasteiger partial charge on any atom is -0.493 e. The summed E-state index contributed by atoms with van der Waals surface area (Å²) in [5.74, 6) is 2.14. The van der Waals surface area contributed by atoms with Crippen LogP contribution in [0.25, 0.3) is 0 Å². The van der Waals surface area contributed by atoms with Gasteiger partial charge >= 0.3 is 5.97 Å². The molecular weight excluding hydrogens is 310 g/mol. The molecule has 1 aromatic carbocycles. The molecular formula is C18H25NO5. The molecule has 0 saturated carbocycles. The topological polar surface area (TPSA) is 68.2 Å². The Kier molecular flexibility index (Phi) is 5.80. The van der Waals surface area contributed by atoms with E-state index in [0.29, 0.717) is 12.5 Å². The number of carboxylic acids is 1. The molecule has 1 unspecified atom stereocenters. The van der Waals surface area contributed by atoms with Crippen molar-refractivity contribution in [3.63, 3.8) is 0 Å². The maximum atomic E-state index is 10.7. The predicted molar refractivity (Wildman–Crippen MR) is 88.7 cm³/mol. The number of aliphatic carboxylic acids is 1. The molecule has 0 amide bonds. The molecule has 6 nitrogen and oxygen atoms in total. The first-order valence-electron chi connectivity index (χ1n) is 8.67. The molecule has 24 heavy (non-hydrogen) atoms. The van der Waals surface area contributed by atoms with Crippen LogP contribution < -0.4 is 14.2 Å². The van der Waals surface area contributed by atoms with E-state index in [1.165, 1.54) is 0 Å². The Morgan fingerprint density at radius 1 is 1.33 bits per heavy atom. The summed E-state index contributed by atoms with van der Waals surface area (Å²) in [6, 6.07) is 5.64. The fraction of sp³-hybridized carbons (Fsp3) is 0.611. The van der Waals surface area contributed by atoms with Gasteiger partial charge in [0.2, 0.25) is 6.79 Å². The maximum absolute atomic E-state index is 10.7. The molecule has 6 heteroatoms. The van der Waals surface area contributed by atoms with Gasteiger partial charge in [0.15, 0.2) is 11.5 Å². The van der Waals surface area contributed by atoms with Gasteiger partial charge in [-0.2, -0.15) is 0 Å². The zero-order chi connectivity index (χ0) is 16.8. The number of piperidine rings is 1. The molecule has 1 fully saturated rings. The van der Waals surface area contributed by atoms with Gasteiger partial charge in [0.1, 0.15) is 5.75 Å². The molecule has 3 rings (SSSR count). The first-order chi connectivity index (χ1) is 11.7. The van der Waals surface area contributed by atoms with E-state index in [2.05, 4.69) is 4.90 Å². The molecule has 0 spiro atoms. The molecule has 0 aliphatic carbocycles. The van der Waals surface area contributed by atoms with Crippen molar-refractivity contribution in [2.75, 3.05) is 33.0 Å².